The molecule has 0 aliphatic heterocycles. The molecule has 2 heterocycles. The Kier molecular flexibility index (Phi) is 3.28. The van der Waals surface area contributed by atoms with Gasteiger partial charge in [0.05, 0.1) is 5.69 Å². The van der Waals surface area contributed by atoms with Crippen LogP contribution >= 0.6 is 0 Å². The number of aryl methyl sites for hydroxylation is 2. The SMILES string of the molecule is CCc1nc2cc(C)ccn2c1C(=O)NC12CC3CC(CC(C3)C1)C2. The van der Waals surface area contributed by atoms with Crippen molar-refractivity contribution in [3.8, 4) is 0 Å². The molecule has 0 aromatic carbocycles. The minimum Gasteiger partial charge on any atom is -0.345 e. The molecule has 25 heavy (non-hydrogen) atoms. The molecular weight excluding hydrogens is 310 g/mol. The third-order valence-electron chi connectivity index (χ3n) is 6.82. The lowest BCUT2D eigenvalue weighted by atomic mass is 9.53. The van der Waals surface area contributed by atoms with E-state index in [1.54, 1.807) is 0 Å². The predicted molar refractivity (Wildman–Crippen MR) is 97.7 cm³/mol. The zero-order valence-corrected chi connectivity index (χ0v) is 15.2. The molecule has 0 radical (unpaired) electrons. The van der Waals surface area contributed by atoms with Crippen LogP contribution in [0.1, 0.15) is 67.2 Å². The number of imidazole rings is 1. The fourth-order valence-electron chi connectivity index (χ4n) is 6.25. The van der Waals surface area contributed by atoms with Crippen LogP contribution in [0.5, 0.6) is 0 Å². The number of amides is 1. The second-order valence-electron chi connectivity index (χ2n) is 8.84. The maximum atomic E-state index is 13.3. The number of hydrogen-bond donors (Lipinski definition) is 1. The van der Waals surface area contributed by atoms with E-state index >= 15 is 0 Å². The van der Waals surface area contributed by atoms with Gasteiger partial charge in [0.2, 0.25) is 0 Å². The first-order valence-electron chi connectivity index (χ1n) is 9.85. The van der Waals surface area contributed by atoms with E-state index in [9.17, 15) is 4.79 Å². The Labute approximate surface area is 149 Å². The Morgan fingerprint density at radius 1 is 1.24 bits per heavy atom. The van der Waals surface area contributed by atoms with E-state index in [4.69, 9.17) is 4.98 Å². The Balaban J connectivity index is 1.50. The standard InChI is InChI=1S/C21H27N3O/c1-3-17-19(24-5-4-13(2)6-18(24)22-17)20(25)23-21-10-14-7-15(11-21)9-16(8-14)12-21/h4-6,14-16H,3,7-12H2,1-2H3,(H,23,25). The molecule has 1 amide bonds. The first-order valence-corrected chi connectivity index (χ1v) is 9.85. The summed E-state index contributed by atoms with van der Waals surface area (Å²) in [6.45, 7) is 4.14. The van der Waals surface area contributed by atoms with Gasteiger partial charge in [-0.3, -0.25) is 9.20 Å². The molecule has 132 valence electrons. The second-order valence-corrected chi connectivity index (χ2v) is 8.84. The molecule has 2 aromatic heterocycles. The molecule has 4 nitrogen and oxygen atoms in total. The zero-order chi connectivity index (χ0) is 17.2. The largest absolute Gasteiger partial charge is 0.345 e. The number of pyridine rings is 1. The van der Waals surface area contributed by atoms with Crippen molar-refractivity contribution in [3.63, 3.8) is 0 Å². The fourth-order valence-corrected chi connectivity index (χ4v) is 6.25. The van der Waals surface area contributed by atoms with Crippen LogP contribution in [0.3, 0.4) is 0 Å². The molecule has 0 saturated heterocycles. The molecule has 4 fully saturated rings. The number of carbonyl (C=O) groups excluding carboxylic acids is 1. The highest BCUT2D eigenvalue weighted by molar-refractivity contribution is 5.95. The number of nitrogens with zero attached hydrogens (tertiary/aromatic N) is 2. The molecule has 0 atom stereocenters. The van der Waals surface area contributed by atoms with Gasteiger partial charge >= 0.3 is 0 Å². The minimum atomic E-state index is 0.0473. The van der Waals surface area contributed by atoms with E-state index in [1.807, 2.05) is 10.6 Å². The first-order chi connectivity index (χ1) is 12.0. The summed E-state index contributed by atoms with van der Waals surface area (Å²) < 4.78 is 1.97. The first kappa shape index (κ1) is 15.4. The molecule has 4 saturated carbocycles. The zero-order valence-electron chi connectivity index (χ0n) is 15.2. The summed E-state index contributed by atoms with van der Waals surface area (Å²) in [5.74, 6) is 2.58. The summed E-state index contributed by atoms with van der Waals surface area (Å²) in [5.41, 5.74) is 3.76. The van der Waals surface area contributed by atoms with Crippen LogP contribution in [0.2, 0.25) is 0 Å². The van der Waals surface area contributed by atoms with Crippen molar-refractivity contribution in [3.05, 3.63) is 35.3 Å². The summed E-state index contributed by atoms with van der Waals surface area (Å²) in [6.07, 6.45) is 10.5. The van der Waals surface area contributed by atoms with E-state index in [0.717, 1.165) is 41.2 Å². The van der Waals surface area contributed by atoms with Crippen molar-refractivity contribution < 1.29 is 4.79 Å². The van der Waals surface area contributed by atoms with Crippen molar-refractivity contribution in [2.75, 3.05) is 0 Å². The molecule has 2 aromatic rings. The molecule has 0 unspecified atom stereocenters. The van der Waals surface area contributed by atoms with E-state index in [0.29, 0.717) is 0 Å². The lowest BCUT2D eigenvalue weighted by Crippen LogP contribution is -2.60. The highest BCUT2D eigenvalue weighted by atomic mass is 16.2. The molecule has 4 aliphatic carbocycles. The van der Waals surface area contributed by atoms with Crippen LogP contribution < -0.4 is 5.32 Å². The Hall–Kier alpha value is -1.84. The summed E-state index contributed by atoms with van der Waals surface area (Å²) >= 11 is 0. The highest BCUT2D eigenvalue weighted by Gasteiger charge is 2.51. The third kappa shape index (κ3) is 2.41. The predicted octanol–water partition coefficient (Wildman–Crippen LogP) is 3.90. The quantitative estimate of drug-likeness (QED) is 0.923. The van der Waals surface area contributed by atoms with E-state index in [1.165, 1.54) is 44.1 Å². The number of fused-ring (bicyclic) bond motifs is 1. The Morgan fingerprint density at radius 2 is 1.88 bits per heavy atom. The molecule has 4 heteroatoms. The number of hydrogen-bond acceptors (Lipinski definition) is 2. The third-order valence-corrected chi connectivity index (χ3v) is 6.82. The van der Waals surface area contributed by atoms with Gasteiger partial charge < -0.3 is 5.32 Å². The van der Waals surface area contributed by atoms with Gasteiger partial charge in [0, 0.05) is 11.7 Å². The van der Waals surface area contributed by atoms with Gasteiger partial charge in [0.15, 0.2) is 0 Å². The molecule has 1 N–H and O–H groups in total. The number of rotatable bonds is 3. The maximum absolute atomic E-state index is 13.3. The van der Waals surface area contributed by atoms with Crippen LogP contribution in [-0.4, -0.2) is 20.8 Å². The van der Waals surface area contributed by atoms with Crippen molar-refractivity contribution >= 4 is 11.6 Å². The lowest BCUT2D eigenvalue weighted by molar-refractivity contribution is -0.0168. The highest BCUT2D eigenvalue weighted by Crippen LogP contribution is 2.55. The van der Waals surface area contributed by atoms with Crippen LogP contribution in [0.15, 0.2) is 18.3 Å². The smallest absolute Gasteiger partial charge is 0.270 e. The number of nitrogens with one attached hydrogen (secondary N) is 1. The topological polar surface area (TPSA) is 46.4 Å². The summed E-state index contributed by atoms with van der Waals surface area (Å²) in [5, 5.41) is 3.51. The lowest BCUT2D eigenvalue weighted by Gasteiger charge is -2.56. The van der Waals surface area contributed by atoms with Crippen LogP contribution in [0, 0.1) is 24.7 Å². The van der Waals surface area contributed by atoms with E-state index in [-0.39, 0.29) is 11.4 Å². The summed E-state index contributed by atoms with van der Waals surface area (Å²) in [7, 11) is 0. The van der Waals surface area contributed by atoms with Gasteiger partial charge in [0.1, 0.15) is 11.3 Å². The minimum absolute atomic E-state index is 0.0473. The second kappa shape index (κ2) is 5.33. The van der Waals surface area contributed by atoms with Gasteiger partial charge in [0.25, 0.3) is 5.91 Å². The van der Waals surface area contributed by atoms with E-state index < -0.39 is 0 Å². The number of aromatic nitrogens is 2. The molecule has 4 aliphatic rings. The summed E-state index contributed by atoms with van der Waals surface area (Å²) in [6, 6.07) is 4.11. The van der Waals surface area contributed by atoms with Crippen molar-refractivity contribution in [1.82, 2.24) is 14.7 Å². The average molecular weight is 337 g/mol. The van der Waals surface area contributed by atoms with E-state index in [2.05, 4.69) is 31.3 Å². The molecule has 4 bridgehead atoms. The Morgan fingerprint density at radius 3 is 2.48 bits per heavy atom. The van der Waals surface area contributed by atoms with Crippen LogP contribution in [0.4, 0.5) is 0 Å². The van der Waals surface area contributed by atoms with Crippen LogP contribution in [-0.2, 0) is 6.42 Å². The normalized spacial score (nSPS) is 33.1. The average Bonchev–Trinajstić information content (AvgIpc) is 2.90. The maximum Gasteiger partial charge on any atom is 0.270 e. The molecule has 0 spiro atoms. The van der Waals surface area contributed by atoms with Crippen molar-refractivity contribution in [2.24, 2.45) is 17.8 Å². The fraction of sp³-hybridized carbons (Fsp3) is 0.619. The van der Waals surface area contributed by atoms with Crippen molar-refractivity contribution in [1.29, 1.82) is 0 Å². The van der Waals surface area contributed by atoms with Gasteiger partial charge in [-0.05, 0) is 87.3 Å². The van der Waals surface area contributed by atoms with Crippen molar-refractivity contribution in [2.45, 2.75) is 64.3 Å². The number of carbonyl (C=O) groups is 1. The molecule has 6 rings (SSSR count). The van der Waals surface area contributed by atoms with Gasteiger partial charge in [-0.15, -0.1) is 0 Å². The van der Waals surface area contributed by atoms with Gasteiger partial charge in [-0.25, -0.2) is 4.98 Å². The summed E-state index contributed by atoms with van der Waals surface area (Å²) in [4.78, 5) is 18.0. The Bertz CT molecular complexity index is 815. The van der Waals surface area contributed by atoms with Crippen LogP contribution in [0.25, 0.3) is 5.65 Å². The van der Waals surface area contributed by atoms with Gasteiger partial charge in [-0.1, -0.05) is 6.92 Å². The van der Waals surface area contributed by atoms with Gasteiger partial charge in [-0.2, -0.15) is 0 Å². The monoisotopic (exact) mass is 337 g/mol. The molecular formula is C21H27N3O.